The lowest BCUT2D eigenvalue weighted by atomic mass is 10.1. The number of hydrogen-bond acceptors (Lipinski definition) is 2. The van der Waals surface area contributed by atoms with Crippen LogP contribution < -0.4 is 10.1 Å². The van der Waals surface area contributed by atoms with Crippen LogP contribution in [0, 0.1) is 12.7 Å². The fraction of sp³-hybridized carbons (Fsp3) is 0.200. The van der Waals surface area contributed by atoms with Crippen molar-refractivity contribution >= 4 is 11.6 Å². The van der Waals surface area contributed by atoms with E-state index in [2.05, 4.69) is 5.32 Å². The van der Waals surface area contributed by atoms with E-state index in [1.165, 1.54) is 6.07 Å². The minimum atomic E-state index is -0.542. The number of hydrogen-bond donors (Lipinski definition) is 1. The SMILES string of the molecule is CNCc1cc(C)ccc1Oc1cccc(Cl)c1F. The molecular formula is C15H15ClFNO. The summed E-state index contributed by atoms with van der Waals surface area (Å²) in [5.41, 5.74) is 2.10. The molecule has 2 rings (SSSR count). The third-order valence-electron chi connectivity index (χ3n) is 2.72. The number of halogens is 2. The first kappa shape index (κ1) is 13.8. The fourth-order valence-electron chi connectivity index (χ4n) is 1.82. The van der Waals surface area contributed by atoms with Gasteiger partial charge in [0.2, 0.25) is 0 Å². The first-order valence-corrected chi connectivity index (χ1v) is 6.35. The average Bonchev–Trinajstić information content (AvgIpc) is 2.38. The maximum absolute atomic E-state index is 13.8. The minimum absolute atomic E-state index is 0.0554. The van der Waals surface area contributed by atoms with Crippen molar-refractivity contribution in [3.63, 3.8) is 0 Å². The molecular weight excluding hydrogens is 265 g/mol. The van der Waals surface area contributed by atoms with Gasteiger partial charge in [-0.3, -0.25) is 0 Å². The Morgan fingerprint density at radius 1 is 1.21 bits per heavy atom. The first-order valence-electron chi connectivity index (χ1n) is 5.98. The van der Waals surface area contributed by atoms with Crippen molar-refractivity contribution < 1.29 is 9.13 Å². The number of ether oxygens (including phenoxy) is 1. The second-order valence-corrected chi connectivity index (χ2v) is 4.70. The zero-order chi connectivity index (χ0) is 13.8. The molecule has 4 heteroatoms. The Morgan fingerprint density at radius 2 is 2.00 bits per heavy atom. The normalized spacial score (nSPS) is 10.5. The molecule has 0 saturated heterocycles. The quantitative estimate of drug-likeness (QED) is 0.901. The third kappa shape index (κ3) is 3.25. The van der Waals surface area contributed by atoms with Crippen molar-refractivity contribution in [1.29, 1.82) is 0 Å². The molecule has 2 aromatic carbocycles. The van der Waals surface area contributed by atoms with Crippen LogP contribution in [0.1, 0.15) is 11.1 Å². The summed E-state index contributed by atoms with van der Waals surface area (Å²) in [6.07, 6.45) is 0. The van der Waals surface area contributed by atoms with E-state index in [0.29, 0.717) is 12.3 Å². The van der Waals surface area contributed by atoms with Gasteiger partial charge in [0, 0.05) is 12.1 Å². The van der Waals surface area contributed by atoms with Gasteiger partial charge in [-0.05, 0) is 32.2 Å². The van der Waals surface area contributed by atoms with Gasteiger partial charge in [-0.25, -0.2) is 4.39 Å². The Hall–Kier alpha value is -1.58. The Morgan fingerprint density at radius 3 is 2.74 bits per heavy atom. The van der Waals surface area contributed by atoms with Crippen LogP contribution in [0.5, 0.6) is 11.5 Å². The Balaban J connectivity index is 2.35. The summed E-state index contributed by atoms with van der Waals surface area (Å²) < 4.78 is 19.4. The summed E-state index contributed by atoms with van der Waals surface area (Å²) in [6, 6.07) is 10.5. The maximum Gasteiger partial charge on any atom is 0.184 e. The number of aryl methyl sites for hydroxylation is 1. The molecule has 0 atom stereocenters. The van der Waals surface area contributed by atoms with E-state index in [4.69, 9.17) is 16.3 Å². The lowest BCUT2D eigenvalue weighted by Crippen LogP contribution is -2.06. The molecule has 0 heterocycles. The van der Waals surface area contributed by atoms with Gasteiger partial charge in [-0.15, -0.1) is 0 Å². The Kier molecular flexibility index (Phi) is 4.40. The fourth-order valence-corrected chi connectivity index (χ4v) is 1.98. The van der Waals surface area contributed by atoms with Gasteiger partial charge in [-0.1, -0.05) is 35.4 Å². The molecule has 0 radical (unpaired) electrons. The maximum atomic E-state index is 13.8. The van der Waals surface area contributed by atoms with Crippen molar-refractivity contribution in [2.45, 2.75) is 13.5 Å². The van der Waals surface area contributed by atoms with E-state index in [-0.39, 0.29) is 10.8 Å². The number of benzene rings is 2. The second-order valence-electron chi connectivity index (χ2n) is 4.30. The van der Waals surface area contributed by atoms with Crippen LogP contribution in [0.3, 0.4) is 0 Å². The molecule has 0 aliphatic carbocycles. The van der Waals surface area contributed by atoms with E-state index in [1.54, 1.807) is 12.1 Å². The lowest BCUT2D eigenvalue weighted by molar-refractivity contribution is 0.436. The van der Waals surface area contributed by atoms with Gasteiger partial charge in [0.15, 0.2) is 11.6 Å². The van der Waals surface area contributed by atoms with Crippen LogP contribution in [0.2, 0.25) is 5.02 Å². The smallest absolute Gasteiger partial charge is 0.184 e. The lowest BCUT2D eigenvalue weighted by Gasteiger charge is -2.12. The first-order chi connectivity index (χ1) is 9.11. The van der Waals surface area contributed by atoms with E-state index < -0.39 is 5.82 Å². The molecule has 2 aromatic rings. The van der Waals surface area contributed by atoms with Crippen molar-refractivity contribution in [1.82, 2.24) is 5.32 Å². The molecule has 19 heavy (non-hydrogen) atoms. The molecule has 0 saturated carbocycles. The zero-order valence-electron chi connectivity index (χ0n) is 10.8. The van der Waals surface area contributed by atoms with Gasteiger partial charge < -0.3 is 10.1 Å². The molecule has 0 unspecified atom stereocenters. The highest BCUT2D eigenvalue weighted by Gasteiger charge is 2.11. The molecule has 0 fully saturated rings. The molecule has 2 nitrogen and oxygen atoms in total. The third-order valence-corrected chi connectivity index (χ3v) is 3.01. The highest BCUT2D eigenvalue weighted by atomic mass is 35.5. The largest absolute Gasteiger partial charge is 0.454 e. The van der Waals surface area contributed by atoms with Gasteiger partial charge in [-0.2, -0.15) is 0 Å². The van der Waals surface area contributed by atoms with Crippen LogP contribution >= 0.6 is 11.6 Å². The van der Waals surface area contributed by atoms with E-state index in [1.807, 2.05) is 32.2 Å². The topological polar surface area (TPSA) is 21.3 Å². The summed E-state index contributed by atoms with van der Waals surface area (Å²) in [5, 5.41) is 3.12. The predicted molar refractivity (Wildman–Crippen MR) is 75.4 cm³/mol. The molecule has 0 amide bonds. The molecule has 0 spiro atoms. The van der Waals surface area contributed by atoms with Crippen molar-refractivity contribution in [3.8, 4) is 11.5 Å². The summed E-state index contributed by atoms with van der Waals surface area (Å²) in [5.74, 6) is 0.218. The molecule has 0 aromatic heterocycles. The van der Waals surface area contributed by atoms with Crippen LogP contribution in [0.25, 0.3) is 0 Å². The summed E-state index contributed by atoms with van der Waals surface area (Å²) in [7, 11) is 1.85. The monoisotopic (exact) mass is 279 g/mol. The summed E-state index contributed by atoms with van der Waals surface area (Å²) in [6.45, 7) is 2.65. The Bertz CT molecular complexity index is 586. The van der Waals surface area contributed by atoms with E-state index in [9.17, 15) is 4.39 Å². The minimum Gasteiger partial charge on any atom is -0.454 e. The van der Waals surface area contributed by atoms with E-state index >= 15 is 0 Å². The van der Waals surface area contributed by atoms with Gasteiger partial charge in [0.25, 0.3) is 0 Å². The van der Waals surface area contributed by atoms with Gasteiger partial charge in [0.05, 0.1) is 5.02 Å². The van der Waals surface area contributed by atoms with Crippen LogP contribution in [0.4, 0.5) is 4.39 Å². The zero-order valence-corrected chi connectivity index (χ0v) is 11.6. The Labute approximate surface area is 117 Å². The van der Waals surface area contributed by atoms with Crippen LogP contribution in [-0.2, 0) is 6.54 Å². The molecule has 100 valence electrons. The standard InChI is InChI=1S/C15H15ClFNO/c1-10-6-7-13(11(8-10)9-18-2)19-14-5-3-4-12(16)15(14)17/h3-8,18H,9H2,1-2H3. The number of rotatable bonds is 4. The van der Waals surface area contributed by atoms with E-state index in [0.717, 1.165) is 11.1 Å². The highest BCUT2D eigenvalue weighted by molar-refractivity contribution is 6.30. The predicted octanol–water partition coefficient (Wildman–Crippen LogP) is 4.30. The van der Waals surface area contributed by atoms with Crippen molar-refractivity contribution in [2.24, 2.45) is 0 Å². The van der Waals surface area contributed by atoms with Crippen LogP contribution in [0.15, 0.2) is 36.4 Å². The van der Waals surface area contributed by atoms with Gasteiger partial charge >= 0.3 is 0 Å². The van der Waals surface area contributed by atoms with Gasteiger partial charge in [0.1, 0.15) is 5.75 Å². The molecule has 0 aliphatic heterocycles. The summed E-state index contributed by atoms with van der Waals surface area (Å²) >= 11 is 5.74. The van der Waals surface area contributed by atoms with Crippen molar-refractivity contribution in [2.75, 3.05) is 7.05 Å². The second kappa shape index (κ2) is 6.04. The molecule has 1 N–H and O–H groups in total. The van der Waals surface area contributed by atoms with Crippen LogP contribution in [-0.4, -0.2) is 7.05 Å². The molecule has 0 bridgehead atoms. The summed E-state index contributed by atoms with van der Waals surface area (Å²) in [4.78, 5) is 0. The highest BCUT2D eigenvalue weighted by Crippen LogP contribution is 2.31. The number of nitrogens with one attached hydrogen (secondary N) is 1. The van der Waals surface area contributed by atoms with Crippen molar-refractivity contribution in [3.05, 3.63) is 58.4 Å². The molecule has 0 aliphatic rings. The average molecular weight is 280 g/mol.